The summed E-state index contributed by atoms with van der Waals surface area (Å²) < 4.78 is 0. The Morgan fingerprint density at radius 2 is 2.12 bits per heavy atom. The maximum Gasteiger partial charge on any atom is 0.305 e. The summed E-state index contributed by atoms with van der Waals surface area (Å²) in [7, 11) is 0. The standard InChI is InChI=1S/C11H20N2O3/c1-2-8(7-12)10(16)13-11(4-3-5-11)6-9(14)15/h8H,2-7,12H2,1H3,(H,13,16)(H,14,15). The van der Waals surface area contributed by atoms with Gasteiger partial charge in [-0.25, -0.2) is 0 Å². The second-order valence-electron chi connectivity index (χ2n) is 4.53. The van der Waals surface area contributed by atoms with Gasteiger partial charge in [0, 0.05) is 12.5 Å². The van der Waals surface area contributed by atoms with Gasteiger partial charge < -0.3 is 16.2 Å². The number of nitrogens with one attached hydrogen (secondary N) is 1. The van der Waals surface area contributed by atoms with Crippen LogP contribution in [0.25, 0.3) is 0 Å². The molecule has 0 aliphatic heterocycles. The molecule has 16 heavy (non-hydrogen) atoms. The van der Waals surface area contributed by atoms with Crippen LogP contribution in [0.5, 0.6) is 0 Å². The van der Waals surface area contributed by atoms with Crippen LogP contribution in [0.2, 0.25) is 0 Å². The highest BCUT2D eigenvalue weighted by molar-refractivity contribution is 5.81. The van der Waals surface area contributed by atoms with Gasteiger partial charge in [0.25, 0.3) is 0 Å². The minimum absolute atomic E-state index is 0.0136. The Balaban J connectivity index is 2.56. The lowest BCUT2D eigenvalue weighted by molar-refractivity contribution is -0.140. The van der Waals surface area contributed by atoms with E-state index in [0.717, 1.165) is 19.3 Å². The van der Waals surface area contributed by atoms with Gasteiger partial charge in [0.2, 0.25) is 5.91 Å². The van der Waals surface area contributed by atoms with Crippen molar-refractivity contribution in [1.29, 1.82) is 0 Å². The molecule has 1 saturated carbocycles. The molecule has 1 aliphatic carbocycles. The monoisotopic (exact) mass is 228 g/mol. The molecular formula is C11H20N2O3. The van der Waals surface area contributed by atoms with Gasteiger partial charge in [0.1, 0.15) is 0 Å². The van der Waals surface area contributed by atoms with E-state index in [-0.39, 0.29) is 18.2 Å². The number of carbonyl (C=O) groups excluding carboxylic acids is 1. The molecule has 1 atom stereocenters. The highest BCUT2D eigenvalue weighted by atomic mass is 16.4. The smallest absolute Gasteiger partial charge is 0.305 e. The van der Waals surface area contributed by atoms with Crippen LogP contribution in [0.15, 0.2) is 0 Å². The van der Waals surface area contributed by atoms with Crippen molar-refractivity contribution in [3.8, 4) is 0 Å². The van der Waals surface area contributed by atoms with Crippen LogP contribution in [0.1, 0.15) is 39.0 Å². The topological polar surface area (TPSA) is 92.4 Å². The second-order valence-corrected chi connectivity index (χ2v) is 4.53. The summed E-state index contributed by atoms with van der Waals surface area (Å²) in [6.45, 7) is 2.22. The minimum atomic E-state index is -0.860. The molecule has 0 bridgehead atoms. The maximum absolute atomic E-state index is 11.8. The van der Waals surface area contributed by atoms with Crippen LogP contribution in [0.3, 0.4) is 0 Å². The molecular weight excluding hydrogens is 208 g/mol. The SMILES string of the molecule is CCC(CN)C(=O)NC1(CC(=O)O)CCC1. The quantitative estimate of drug-likeness (QED) is 0.616. The predicted octanol–water partition coefficient (Wildman–Crippen LogP) is 0.485. The Labute approximate surface area is 95.4 Å². The zero-order chi connectivity index (χ0) is 12.2. The van der Waals surface area contributed by atoms with E-state index in [0.29, 0.717) is 13.0 Å². The Bertz CT molecular complexity index is 270. The van der Waals surface area contributed by atoms with Crippen LogP contribution in [0, 0.1) is 5.92 Å². The number of rotatable bonds is 6. The van der Waals surface area contributed by atoms with Crippen LogP contribution in [-0.2, 0) is 9.59 Å². The molecule has 1 unspecified atom stereocenters. The van der Waals surface area contributed by atoms with Crippen LogP contribution in [0.4, 0.5) is 0 Å². The van der Waals surface area contributed by atoms with Crippen LogP contribution >= 0.6 is 0 Å². The number of carboxylic acid groups (broad SMARTS) is 1. The third-order valence-electron chi connectivity index (χ3n) is 3.34. The number of carbonyl (C=O) groups is 2. The van der Waals surface area contributed by atoms with Gasteiger partial charge in [0.05, 0.1) is 12.0 Å². The Kier molecular flexibility index (Phi) is 4.29. The highest BCUT2D eigenvalue weighted by Gasteiger charge is 2.41. The summed E-state index contributed by atoms with van der Waals surface area (Å²) in [4.78, 5) is 22.5. The Hall–Kier alpha value is -1.10. The van der Waals surface area contributed by atoms with E-state index in [2.05, 4.69) is 5.32 Å². The van der Waals surface area contributed by atoms with Crippen molar-refractivity contribution in [2.45, 2.75) is 44.6 Å². The predicted molar refractivity (Wildman–Crippen MR) is 59.8 cm³/mol. The molecule has 0 radical (unpaired) electrons. The number of nitrogens with two attached hydrogens (primary N) is 1. The number of carboxylic acids is 1. The molecule has 0 heterocycles. The molecule has 1 aliphatic rings. The molecule has 0 aromatic carbocycles. The lowest BCUT2D eigenvalue weighted by atomic mass is 9.74. The summed E-state index contributed by atoms with van der Waals surface area (Å²) in [5.74, 6) is -1.17. The maximum atomic E-state index is 11.8. The van der Waals surface area contributed by atoms with Gasteiger partial charge in [-0.1, -0.05) is 6.92 Å². The van der Waals surface area contributed by atoms with Crippen molar-refractivity contribution in [2.75, 3.05) is 6.54 Å². The average Bonchev–Trinajstić information content (AvgIpc) is 2.15. The van der Waals surface area contributed by atoms with Gasteiger partial charge in [-0.2, -0.15) is 0 Å². The van der Waals surface area contributed by atoms with Crippen molar-refractivity contribution >= 4 is 11.9 Å². The summed E-state index contributed by atoms with van der Waals surface area (Å²) in [6, 6.07) is 0. The van der Waals surface area contributed by atoms with E-state index >= 15 is 0 Å². The highest BCUT2D eigenvalue weighted by Crippen LogP contribution is 2.35. The largest absolute Gasteiger partial charge is 0.481 e. The molecule has 92 valence electrons. The molecule has 1 rings (SSSR count). The first-order chi connectivity index (χ1) is 7.53. The van der Waals surface area contributed by atoms with Gasteiger partial charge in [-0.3, -0.25) is 9.59 Å². The lowest BCUT2D eigenvalue weighted by Gasteiger charge is -2.42. The summed E-state index contributed by atoms with van der Waals surface area (Å²) in [5.41, 5.74) is 4.98. The second kappa shape index (κ2) is 5.30. The van der Waals surface area contributed by atoms with E-state index in [4.69, 9.17) is 10.8 Å². The molecule has 1 amide bonds. The van der Waals surface area contributed by atoms with Crippen molar-refractivity contribution < 1.29 is 14.7 Å². The van der Waals surface area contributed by atoms with E-state index in [1.165, 1.54) is 0 Å². The van der Waals surface area contributed by atoms with Gasteiger partial charge in [-0.05, 0) is 25.7 Å². The van der Waals surface area contributed by atoms with Crippen molar-refractivity contribution in [3.05, 3.63) is 0 Å². The molecule has 0 aromatic heterocycles. The zero-order valence-corrected chi connectivity index (χ0v) is 9.66. The number of hydrogen-bond acceptors (Lipinski definition) is 3. The molecule has 0 saturated heterocycles. The fourth-order valence-electron chi connectivity index (χ4n) is 2.06. The Morgan fingerprint density at radius 3 is 2.44 bits per heavy atom. The molecule has 0 aromatic rings. The van der Waals surface area contributed by atoms with Crippen molar-refractivity contribution in [3.63, 3.8) is 0 Å². The summed E-state index contributed by atoms with van der Waals surface area (Å²) >= 11 is 0. The Morgan fingerprint density at radius 1 is 1.50 bits per heavy atom. The normalized spacial score (nSPS) is 19.6. The van der Waals surface area contributed by atoms with Gasteiger partial charge >= 0.3 is 5.97 Å². The molecule has 5 heteroatoms. The van der Waals surface area contributed by atoms with E-state index in [1.54, 1.807) is 0 Å². The first-order valence-corrected chi connectivity index (χ1v) is 5.77. The molecule has 1 fully saturated rings. The average molecular weight is 228 g/mol. The zero-order valence-electron chi connectivity index (χ0n) is 9.66. The van der Waals surface area contributed by atoms with E-state index in [1.807, 2.05) is 6.92 Å². The number of hydrogen-bond donors (Lipinski definition) is 3. The third-order valence-corrected chi connectivity index (χ3v) is 3.34. The van der Waals surface area contributed by atoms with E-state index < -0.39 is 11.5 Å². The summed E-state index contributed by atoms with van der Waals surface area (Å²) in [5, 5.41) is 11.7. The fraction of sp³-hybridized carbons (Fsp3) is 0.818. The lowest BCUT2D eigenvalue weighted by Crippen LogP contribution is -2.56. The van der Waals surface area contributed by atoms with Gasteiger partial charge in [-0.15, -0.1) is 0 Å². The molecule has 5 nitrogen and oxygen atoms in total. The first-order valence-electron chi connectivity index (χ1n) is 5.77. The van der Waals surface area contributed by atoms with Gasteiger partial charge in [0.15, 0.2) is 0 Å². The number of amides is 1. The minimum Gasteiger partial charge on any atom is -0.481 e. The summed E-state index contributed by atoms with van der Waals surface area (Å²) in [6.07, 6.45) is 3.19. The fourth-order valence-corrected chi connectivity index (χ4v) is 2.06. The molecule has 4 N–H and O–H groups in total. The van der Waals surface area contributed by atoms with Crippen LogP contribution in [-0.4, -0.2) is 29.1 Å². The number of aliphatic carboxylic acids is 1. The first kappa shape index (κ1) is 13.0. The van der Waals surface area contributed by atoms with Crippen LogP contribution < -0.4 is 11.1 Å². The molecule has 0 spiro atoms. The van der Waals surface area contributed by atoms with Crippen molar-refractivity contribution in [2.24, 2.45) is 11.7 Å². The third kappa shape index (κ3) is 2.95. The van der Waals surface area contributed by atoms with Crippen molar-refractivity contribution in [1.82, 2.24) is 5.32 Å². The van der Waals surface area contributed by atoms with E-state index in [9.17, 15) is 9.59 Å².